The normalized spacial score (nSPS) is 17.4. The van der Waals surface area contributed by atoms with Crippen molar-refractivity contribution < 1.29 is 19.4 Å². The molecule has 1 aliphatic rings. The van der Waals surface area contributed by atoms with Gasteiger partial charge in [-0.25, -0.2) is 0 Å². The molecular formula is C28H28N2O4. The van der Waals surface area contributed by atoms with Crippen LogP contribution in [0.3, 0.4) is 0 Å². The van der Waals surface area contributed by atoms with Crippen LogP contribution in [0.25, 0.3) is 5.76 Å². The third kappa shape index (κ3) is 4.86. The van der Waals surface area contributed by atoms with E-state index in [1.807, 2.05) is 49.4 Å². The maximum Gasteiger partial charge on any atom is 0.296 e. The van der Waals surface area contributed by atoms with Crippen LogP contribution in [0, 0.1) is 12.8 Å². The standard InChI is InChI=1S/C28H28N2O4/c1-18(2)17-34-23-9-6-7-21(15-23)25-24(26(31)20-12-10-19(3)11-13-20)27(32)28(33)30(25)16-22-8-4-5-14-29-22/h4-15,18,25,31H,16-17H2,1-3H3/b26-24-. The lowest BCUT2D eigenvalue weighted by molar-refractivity contribution is -0.140. The number of amides is 1. The lowest BCUT2D eigenvalue weighted by atomic mass is 9.95. The van der Waals surface area contributed by atoms with Gasteiger partial charge in [0.05, 0.1) is 30.5 Å². The van der Waals surface area contributed by atoms with Crippen molar-refractivity contribution in [1.29, 1.82) is 0 Å². The molecule has 6 nitrogen and oxygen atoms in total. The van der Waals surface area contributed by atoms with Crippen LogP contribution in [0.2, 0.25) is 0 Å². The van der Waals surface area contributed by atoms with Gasteiger partial charge in [-0.3, -0.25) is 14.6 Å². The molecule has 0 aliphatic carbocycles. The first-order valence-corrected chi connectivity index (χ1v) is 11.3. The summed E-state index contributed by atoms with van der Waals surface area (Å²) in [4.78, 5) is 32.2. The molecule has 1 unspecified atom stereocenters. The number of rotatable bonds is 7. The Morgan fingerprint density at radius 3 is 2.50 bits per heavy atom. The summed E-state index contributed by atoms with van der Waals surface area (Å²) >= 11 is 0. The zero-order chi connectivity index (χ0) is 24.2. The second-order valence-corrected chi connectivity index (χ2v) is 8.89. The summed E-state index contributed by atoms with van der Waals surface area (Å²) in [5, 5.41) is 11.2. The lowest BCUT2D eigenvalue weighted by Crippen LogP contribution is -2.29. The fourth-order valence-corrected chi connectivity index (χ4v) is 3.96. The lowest BCUT2D eigenvalue weighted by Gasteiger charge is -2.25. The Kier molecular flexibility index (Phi) is 6.77. The average molecular weight is 457 g/mol. The van der Waals surface area contributed by atoms with Gasteiger partial charge in [-0.05, 0) is 42.7 Å². The van der Waals surface area contributed by atoms with Crippen molar-refractivity contribution in [2.24, 2.45) is 5.92 Å². The molecule has 0 saturated carbocycles. The second kappa shape index (κ2) is 9.91. The van der Waals surface area contributed by atoms with Crippen LogP contribution in [-0.2, 0) is 16.1 Å². The van der Waals surface area contributed by atoms with E-state index in [2.05, 4.69) is 18.8 Å². The highest BCUT2D eigenvalue weighted by Crippen LogP contribution is 2.41. The largest absolute Gasteiger partial charge is 0.507 e. The minimum Gasteiger partial charge on any atom is -0.507 e. The number of pyridine rings is 1. The van der Waals surface area contributed by atoms with Crippen LogP contribution in [0.15, 0.2) is 78.5 Å². The van der Waals surface area contributed by atoms with E-state index in [1.54, 1.807) is 30.5 Å². The zero-order valence-electron chi connectivity index (χ0n) is 19.6. The van der Waals surface area contributed by atoms with Crippen molar-refractivity contribution in [2.45, 2.75) is 33.4 Å². The molecule has 6 heteroatoms. The molecule has 1 atom stereocenters. The van der Waals surface area contributed by atoms with Gasteiger partial charge < -0.3 is 14.7 Å². The van der Waals surface area contributed by atoms with Gasteiger partial charge in [0.15, 0.2) is 0 Å². The summed E-state index contributed by atoms with van der Waals surface area (Å²) in [6.45, 7) is 6.75. The fraction of sp³-hybridized carbons (Fsp3) is 0.250. The van der Waals surface area contributed by atoms with Gasteiger partial charge in [0, 0.05) is 11.8 Å². The topological polar surface area (TPSA) is 79.7 Å². The molecular weight excluding hydrogens is 428 g/mol. The van der Waals surface area contributed by atoms with Crippen molar-refractivity contribution in [2.75, 3.05) is 6.61 Å². The molecule has 4 rings (SSSR count). The number of hydrogen-bond donors (Lipinski definition) is 1. The molecule has 2 aromatic carbocycles. The van der Waals surface area contributed by atoms with Crippen molar-refractivity contribution in [3.05, 3.63) is 101 Å². The molecule has 1 aromatic heterocycles. The van der Waals surface area contributed by atoms with E-state index in [9.17, 15) is 14.7 Å². The highest BCUT2D eigenvalue weighted by molar-refractivity contribution is 6.46. The molecule has 1 fully saturated rings. The first-order chi connectivity index (χ1) is 16.3. The number of aromatic nitrogens is 1. The molecule has 1 N–H and O–H groups in total. The van der Waals surface area contributed by atoms with E-state index in [4.69, 9.17) is 4.74 Å². The average Bonchev–Trinajstić information content (AvgIpc) is 3.08. The molecule has 2 heterocycles. The molecule has 1 aliphatic heterocycles. The molecule has 0 spiro atoms. The van der Waals surface area contributed by atoms with E-state index in [0.717, 1.165) is 5.56 Å². The number of hydrogen-bond acceptors (Lipinski definition) is 5. The Balaban J connectivity index is 1.82. The first-order valence-electron chi connectivity index (χ1n) is 11.3. The van der Waals surface area contributed by atoms with Gasteiger partial charge in [-0.15, -0.1) is 0 Å². The van der Waals surface area contributed by atoms with E-state index < -0.39 is 17.7 Å². The van der Waals surface area contributed by atoms with Crippen LogP contribution >= 0.6 is 0 Å². The number of benzene rings is 2. The van der Waals surface area contributed by atoms with Gasteiger partial charge in [0.2, 0.25) is 0 Å². The van der Waals surface area contributed by atoms with Gasteiger partial charge in [0.1, 0.15) is 11.5 Å². The SMILES string of the molecule is Cc1ccc(/C(O)=C2/C(=O)C(=O)N(Cc3ccccn3)C2c2cccc(OCC(C)C)c2)cc1. The second-order valence-electron chi connectivity index (χ2n) is 8.89. The van der Waals surface area contributed by atoms with E-state index in [1.165, 1.54) is 4.90 Å². The quantitative estimate of drug-likeness (QED) is 0.306. The Labute approximate surface area is 199 Å². The highest BCUT2D eigenvalue weighted by Gasteiger charge is 2.46. The van der Waals surface area contributed by atoms with Crippen molar-refractivity contribution >= 4 is 17.4 Å². The molecule has 34 heavy (non-hydrogen) atoms. The summed E-state index contributed by atoms with van der Waals surface area (Å²) in [5.41, 5.74) is 2.91. The highest BCUT2D eigenvalue weighted by atomic mass is 16.5. The van der Waals surface area contributed by atoms with E-state index in [0.29, 0.717) is 35.1 Å². The number of Topliss-reactive ketones (excluding diaryl/α,β-unsaturated/α-hetero) is 1. The summed E-state index contributed by atoms with van der Waals surface area (Å²) in [5.74, 6) is -0.587. The molecule has 3 aromatic rings. The number of aliphatic hydroxyl groups is 1. The summed E-state index contributed by atoms with van der Waals surface area (Å²) in [6.07, 6.45) is 1.65. The number of ketones is 1. The summed E-state index contributed by atoms with van der Waals surface area (Å²) in [6, 6.07) is 19.2. The van der Waals surface area contributed by atoms with Gasteiger partial charge in [0.25, 0.3) is 11.7 Å². The molecule has 1 saturated heterocycles. The van der Waals surface area contributed by atoms with Crippen molar-refractivity contribution in [3.8, 4) is 5.75 Å². The van der Waals surface area contributed by atoms with Gasteiger partial charge >= 0.3 is 0 Å². The maximum absolute atomic E-state index is 13.2. The number of aliphatic hydroxyl groups excluding tert-OH is 1. The monoisotopic (exact) mass is 456 g/mol. The van der Waals surface area contributed by atoms with Crippen LogP contribution in [0.4, 0.5) is 0 Å². The van der Waals surface area contributed by atoms with Crippen molar-refractivity contribution in [3.63, 3.8) is 0 Å². The van der Waals surface area contributed by atoms with Crippen molar-refractivity contribution in [1.82, 2.24) is 9.88 Å². The predicted octanol–water partition coefficient (Wildman–Crippen LogP) is 5.05. The molecule has 0 bridgehead atoms. The number of aryl methyl sites for hydroxylation is 1. The summed E-state index contributed by atoms with van der Waals surface area (Å²) < 4.78 is 5.89. The first kappa shape index (κ1) is 23.2. The Morgan fingerprint density at radius 2 is 1.82 bits per heavy atom. The number of ether oxygens (including phenoxy) is 1. The third-order valence-corrected chi connectivity index (χ3v) is 5.68. The Hall–Kier alpha value is -3.93. The zero-order valence-corrected chi connectivity index (χ0v) is 19.6. The number of carbonyl (C=O) groups excluding carboxylic acids is 2. The van der Waals surface area contributed by atoms with Gasteiger partial charge in [-0.1, -0.05) is 61.9 Å². The van der Waals surface area contributed by atoms with E-state index >= 15 is 0 Å². The smallest absolute Gasteiger partial charge is 0.296 e. The molecule has 0 radical (unpaired) electrons. The Bertz CT molecular complexity index is 1220. The minimum absolute atomic E-state index is 0.0609. The number of carbonyl (C=O) groups is 2. The van der Waals surface area contributed by atoms with Crippen LogP contribution in [0.5, 0.6) is 5.75 Å². The van der Waals surface area contributed by atoms with E-state index in [-0.39, 0.29) is 17.9 Å². The maximum atomic E-state index is 13.2. The Morgan fingerprint density at radius 1 is 1.06 bits per heavy atom. The van der Waals surface area contributed by atoms with Crippen LogP contribution < -0.4 is 4.74 Å². The molecule has 1 amide bonds. The van der Waals surface area contributed by atoms with Crippen LogP contribution in [0.1, 0.15) is 42.3 Å². The van der Waals surface area contributed by atoms with Gasteiger partial charge in [-0.2, -0.15) is 0 Å². The summed E-state index contributed by atoms with van der Waals surface area (Å²) in [7, 11) is 0. The fourth-order valence-electron chi connectivity index (χ4n) is 3.96. The predicted molar refractivity (Wildman–Crippen MR) is 130 cm³/mol. The number of likely N-dealkylation sites (tertiary alicyclic amines) is 1. The minimum atomic E-state index is -0.772. The number of nitrogens with zero attached hydrogens (tertiary/aromatic N) is 2. The van der Waals surface area contributed by atoms with Crippen LogP contribution in [-0.4, -0.2) is 33.3 Å². The third-order valence-electron chi connectivity index (χ3n) is 5.68. The molecule has 174 valence electrons.